The van der Waals surface area contributed by atoms with Crippen LogP contribution in [0.15, 0.2) is 53.4 Å². The molecule has 0 atom stereocenters. The van der Waals surface area contributed by atoms with Gasteiger partial charge in [-0.25, -0.2) is 17.8 Å². The van der Waals surface area contributed by atoms with Gasteiger partial charge in [-0.05, 0) is 53.9 Å². The fourth-order valence-electron chi connectivity index (χ4n) is 4.71. The molecule has 5 rings (SSSR count). The average molecular weight is 536 g/mol. The van der Waals surface area contributed by atoms with Crippen molar-refractivity contribution in [2.24, 2.45) is 0 Å². The number of nitrogens with one attached hydrogen (secondary N) is 1. The van der Waals surface area contributed by atoms with Crippen LogP contribution in [0, 0.1) is 5.82 Å². The number of rotatable bonds is 5. The minimum atomic E-state index is -3.77. The van der Waals surface area contributed by atoms with E-state index in [1.807, 2.05) is 36.4 Å². The van der Waals surface area contributed by atoms with Crippen molar-refractivity contribution in [1.82, 2.24) is 14.9 Å². The zero-order chi connectivity index (χ0) is 27.2. The summed E-state index contributed by atoms with van der Waals surface area (Å²) in [4.78, 5) is 33.7. The first kappa shape index (κ1) is 25.6. The van der Waals surface area contributed by atoms with Crippen molar-refractivity contribution in [3.63, 3.8) is 0 Å². The Bertz CT molecular complexity index is 1710. The Hall–Kier alpha value is -4.05. The van der Waals surface area contributed by atoms with Gasteiger partial charge in [0.1, 0.15) is 23.1 Å². The number of nitrogens with zero attached hydrogens (tertiary/aromatic N) is 2. The van der Waals surface area contributed by atoms with Crippen molar-refractivity contribution in [1.29, 1.82) is 0 Å². The lowest BCUT2D eigenvalue weighted by Gasteiger charge is -2.22. The lowest BCUT2D eigenvalue weighted by molar-refractivity contribution is 0.0731. The van der Waals surface area contributed by atoms with Crippen LogP contribution < -0.4 is 4.74 Å². The maximum Gasteiger partial charge on any atom is 0.254 e. The second-order valence-corrected chi connectivity index (χ2v) is 11.3. The Labute approximate surface area is 219 Å². The van der Waals surface area contributed by atoms with E-state index in [4.69, 9.17) is 4.74 Å². The first-order chi connectivity index (χ1) is 18.1. The third kappa shape index (κ3) is 4.67. The second kappa shape index (κ2) is 9.68. The summed E-state index contributed by atoms with van der Waals surface area (Å²) in [5.74, 6) is -0.462. The molecule has 1 aliphatic rings. The van der Waals surface area contributed by atoms with E-state index in [0.717, 1.165) is 34.5 Å². The molecule has 2 heterocycles. The van der Waals surface area contributed by atoms with Gasteiger partial charge in [-0.3, -0.25) is 9.59 Å². The van der Waals surface area contributed by atoms with Crippen molar-refractivity contribution in [2.45, 2.75) is 31.7 Å². The Morgan fingerprint density at radius 3 is 2.55 bits per heavy atom. The molecule has 1 aliphatic heterocycles. The molecule has 0 aliphatic carbocycles. The number of hydrogen-bond donors (Lipinski definition) is 1. The monoisotopic (exact) mass is 535 g/mol. The zero-order valence-corrected chi connectivity index (χ0v) is 22.0. The van der Waals surface area contributed by atoms with Gasteiger partial charge in [0.2, 0.25) is 0 Å². The molecule has 0 radical (unpaired) electrons. The minimum Gasteiger partial charge on any atom is -0.491 e. The van der Waals surface area contributed by atoms with Gasteiger partial charge in [0.25, 0.3) is 5.91 Å². The molecule has 10 heteroatoms. The van der Waals surface area contributed by atoms with Crippen LogP contribution in [-0.2, 0) is 22.8 Å². The number of aromatic amines is 1. The second-order valence-electron chi connectivity index (χ2n) is 9.30. The molecule has 196 valence electrons. The Morgan fingerprint density at radius 2 is 1.84 bits per heavy atom. The number of imidazole rings is 1. The van der Waals surface area contributed by atoms with Crippen molar-refractivity contribution < 1.29 is 27.1 Å². The summed E-state index contributed by atoms with van der Waals surface area (Å²) < 4.78 is 44.9. The molecule has 0 bridgehead atoms. The number of carbonyl (C=O) groups is 2. The number of sulfone groups is 1. The minimum absolute atomic E-state index is 0.0786. The van der Waals surface area contributed by atoms with Crippen LogP contribution in [-0.4, -0.2) is 54.4 Å². The molecule has 8 nitrogen and oxygen atoms in total. The van der Waals surface area contributed by atoms with Gasteiger partial charge in [0, 0.05) is 36.4 Å². The predicted octanol–water partition coefficient (Wildman–Crippen LogP) is 4.57. The van der Waals surface area contributed by atoms with Gasteiger partial charge >= 0.3 is 0 Å². The molecule has 0 unspecified atom stereocenters. The van der Waals surface area contributed by atoms with Crippen LogP contribution in [0.5, 0.6) is 5.75 Å². The highest BCUT2D eigenvalue weighted by molar-refractivity contribution is 7.90. The Morgan fingerprint density at radius 1 is 1.11 bits per heavy atom. The van der Waals surface area contributed by atoms with E-state index < -0.39 is 26.5 Å². The van der Waals surface area contributed by atoms with Crippen LogP contribution in [0.2, 0.25) is 0 Å². The molecule has 0 saturated carbocycles. The van der Waals surface area contributed by atoms with Crippen LogP contribution in [0.3, 0.4) is 0 Å². The molecule has 0 saturated heterocycles. The Balaban J connectivity index is 1.48. The number of Topliss-reactive ketones (excluding diaryl/α,β-unsaturated/α-hetero) is 1. The third-order valence-corrected chi connectivity index (χ3v) is 7.78. The number of benzene rings is 3. The van der Waals surface area contributed by atoms with Crippen LogP contribution in [0.25, 0.3) is 22.2 Å². The fourth-order valence-corrected chi connectivity index (χ4v) is 5.47. The largest absolute Gasteiger partial charge is 0.491 e. The predicted molar refractivity (Wildman–Crippen MR) is 141 cm³/mol. The van der Waals surface area contributed by atoms with Crippen LogP contribution >= 0.6 is 0 Å². The molecule has 38 heavy (non-hydrogen) atoms. The van der Waals surface area contributed by atoms with E-state index in [9.17, 15) is 18.0 Å². The highest BCUT2D eigenvalue weighted by atomic mass is 32.2. The van der Waals surface area contributed by atoms with Gasteiger partial charge < -0.3 is 14.6 Å². The molecule has 1 amide bonds. The van der Waals surface area contributed by atoms with Crippen molar-refractivity contribution in [3.8, 4) is 16.9 Å². The van der Waals surface area contributed by atoms with E-state index in [2.05, 4.69) is 9.97 Å². The van der Waals surface area contributed by atoms with Crippen molar-refractivity contribution in [3.05, 3.63) is 76.9 Å². The summed E-state index contributed by atoms with van der Waals surface area (Å²) in [6, 6.07) is 13.9. The van der Waals surface area contributed by atoms with Crippen LogP contribution in [0.1, 0.15) is 46.0 Å². The van der Waals surface area contributed by atoms with E-state index >= 15 is 4.39 Å². The van der Waals surface area contributed by atoms with Crippen molar-refractivity contribution >= 4 is 32.6 Å². The molecule has 1 N–H and O–H groups in total. The molecule has 1 aromatic heterocycles. The highest BCUT2D eigenvalue weighted by Gasteiger charge is 2.27. The first-order valence-corrected chi connectivity index (χ1v) is 14.0. The first-order valence-electron chi connectivity index (χ1n) is 12.1. The number of H-pyrrole nitrogens is 1. The smallest absolute Gasteiger partial charge is 0.254 e. The van der Waals surface area contributed by atoms with Gasteiger partial charge in [0.15, 0.2) is 21.4 Å². The summed E-state index contributed by atoms with van der Waals surface area (Å²) in [5, 5.41) is 0. The standard InChI is InChI=1S/C28H26FN3O5S/c1-4-20-21(7-10-25(26(20)29)38(3,35)36)28(34)32-11-12-37-24-9-6-17(13-19(24)15-32)18-5-8-22-23(14-18)31-27(30-22)16(2)33/h5-10,13-14H,4,11-12,15H2,1-3H3,(H,30,31). The summed E-state index contributed by atoms with van der Waals surface area (Å²) in [6.07, 6.45) is 1.11. The maximum atomic E-state index is 15.1. The summed E-state index contributed by atoms with van der Waals surface area (Å²) >= 11 is 0. The normalized spacial score (nSPS) is 13.6. The number of ketones is 1. The SMILES string of the molecule is CCc1c(C(=O)N2CCOc3ccc(-c4ccc5nc(C(C)=O)[nH]c5c4)cc3C2)ccc(S(C)(=O)=O)c1F. The summed E-state index contributed by atoms with van der Waals surface area (Å²) in [5.41, 5.74) is 4.22. The summed E-state index contributed by atoms with van der Waals surface area (Å²) in [6.45, 7) is 3.93. The van der Waals surface area contributed by atoms with E-state index in [1.54, 1.807) is 11.8 Å². The molecule has 3 aromatic carbocycles. The Kier molecular flexibility index (Phi) is 6.52. The van der Waals surface area contributed by atoms with Gasteiger partial charge in [-0.15, -0.1) is 0 Å². The number of hydrogen-bond acceptors (Lipinski definition) is 6. The average Bonchev–Trinajstić information content (AvgIpc) is 3.19. The quantitative estimate of drug-likeness (QED) is 0.375. The van der Waals surface area contributed by atoms with Gasteiger partial charge in [0.05, 0.1) is 17.6 Å². The maximum absolute atomic E-state index is 15.1. The van der Waals surface area contributed by atoms with E-state index in [1.165, 1.54) is 13.0 Å². The van der Waals surface area contributed by atoms with E-state index in [0.29, 0.717) is 17.1 Å². The summed E-state index contributed by atoms with van der Waals surface area (Å²) in [7, 11) is -3.77. The fraction of sp³-hybridized carbons (Fsp3) is 0.250. The number of ether oxygens (including phenoxy) is 1. The van der Waals surface area contributed by atoms with Crippen LogP contribution in [0.4, 0.5) is 4.39 Å². The molecule has 0 fully saturated rings. The third-order valence-electron chi connectivity index (χ3n) is 6.67. The number of aromatic nitrogens is 2. The molecule has 4 aromatic rings. The zero-order valence-electron chi connectivity index (χ0n) is 21.2. The van der Waals surface area contributed by atoms with Gasteiger partial charge in [-0.1, -0.05) is 19.1 Å². The number of halogens is 1. The molecular weight excluding hydrogens is 509 g/mol. The number of carbonyl (C=O) groups excluding carboxylic acids is 2. The lowest BCUT2D eigenvalue weighted by atomic mass is 10.0. The number of fused-ring (bicyclic) bond motifs is 2. The molecular formula is C28H26FN3O5S. The lowest BCUT2D eigenvalue weighted by Crippen LogP contribution is -2.33. The highest BCUT2D eigenvalue weighted by Crippen LogP contribution is 2.32. The number of amides is 1. The van der Waals surface area contributed by atoms with E-state index in [-0.39, 0.29) is 43.0 Å². The topological polar surface area (TPSA) is 109 Å². The molecule has 0 spiro atoms. The van der Waals surface area contributed by atoms with Gasteiger partial charge in [-0.2, -0.15) is 0 Å². The van der Waals surface area contributed by atoms with Crippen molar-refractivity contribution in [2.75, 3.05) is 19.4 Å².